The van der Waals surface area contributed by atoms with E-state index in [2.05, 4.69) is 51.9 Å². The molecule has 28 heavy (non-hydrogen) atoms. The van der Waals surface area contributed by atoms with Crippen molar-refractivity contribution in [1.29, 1.82) is 0 Å². The molecule has 3 rings (SSSR count). The van der Waals surface area contributed by atoms with Crippen molar-refractivity contribution in [1.82, 2.24) is 15.6 Å². The first-order chi connectivity index (χ1) is 13.6. The van der Waals surface area contributed by atoms with Crippen molar-refractivity contribution in [2.45, 2.75) is 21.4 Å². The van der Waals surface area contributed by atoms with E-state index in [1.165, 1.54) is 40.4 Å². The molecule has 0 bridgehead atoms. The van der Waals surface area contributed by atoms with Gasteiger partial charge in [-0.3, -0.25) is 4.79 Å². The molecule has 9 heteroatoms. The molecular formula is C19H18N4O2S3. The molecule has 144 valence electrons. The van der Waals surface area contributed by atoms with E-state index in [1.54, 1.807) is 36.0 Å². The average molecular weight is 431 g/mol. The number of aromatic nitrogens is 2. The number of phenols is 1. The molecule has 2 N–H and O–H groups in total. The number of phenolic OH excluding ortho intramolecular Hbond substituents is 1. The number of hydrazone groups is 1. The van der Waals surface area contributed by atoms with Gasteiger partial charge in [0.1, 0.15) is 5.75 Å². The highest BCUT2D eigenvalue weighted by atomic mass is 32.2. The number of hydrogen-bond acceptors (Lipinski definition) is 8. The molecule has 0 spiro atoms. The van der Waals surface area contributed by atoms with Crippen molar-refractivity contribution < 1.29 is 9.90 Å². The quantitative estimate of drug-likeness (QED) is 0.318. The van der Waals surface area contributed by atoms with Crippen LogP contribution in [0.1, 0.15) is 16.7 Å². The predicted molar refractivity (Wildman–Crippen MR) is 115 cm³/mol. The Labute approximate surface area is 175 Å². The highest BCUT2D eigenvalue weighted by molar-refractivity contribution is 8.03. The second-order valence-electron chi connectivity index (χ2n) is 5.75. The lowest BCUT2D eigenvalue weighted by atomic mass is 10.2. The standard InChI is InChI=1S/C19H18N4O2S3/c1-13-6-8-14(9-7-13)11-26-18-22-23-19(28-18)27-12-17(25)21-20-10-15-4-2-3-5-16(15)24/h2-10,24H,11-12H2,1H3,(H,21,25)/b20-10+. The van der Waals surface area contributed by atoms with Gasteiger partial charge in [0, 0.05) is 11.3 Å². The van der Waals surface area contributed by atoms with Crippen LogP contribution in [0.4, 0.5) is 0 Å². The number of benzene rings is 2. The van der Waals surface area contributed by atoms with E-state index in [4.69, 9.17) is 0 Å². The molecule has 0 fully saturated rings. The molecule has 0 atom stereocenters. The predicted octanol–water partition coefficient (Wildman–Crippen LogP) is 4.09. The molecular weight excluding hydrogens is 412 g/mol. The minimum absolute atomic E-state index is 0.111. The van der Waals surface area contributed by atoms with E-state index in [0.29, 0.717) is 5.56 Å². The number of thioether (sulfide) groups is 2. The Morgan fingerprint density at radius 1 is 1.14 bits per heavy atom. The first-order valence-corrected chi connectivity index (χ1v) is 11.1. The lowest BCUT2D eigenvalue weighted by Gasteiger charge is -1.99. The Balaban J connectivity index is 1.41. The van der Waals surface area contributed by atoms with Crippen molar-refractivity contribution >= 4 is 47.0 Å². The van der Waals surface area contributed by atoms with E-state index < -0.39 is 0 Å². The molecule has 1 aromatic heterocycles. The van der Waals surface area contributed by atoms with E-state index in [9.17, 15) is 9.90 Å². The first-order valence-electron chi connectivity index (χ1n) is 8.35. The van der Waals surface area contributed by atoms with E-state index in [-0.39, 0.29) is 17.4 Å². The van der Waals surface area contributed by atoms with Gasteiger partial charge in [-0.2, -0.15) is 5.10 Å². The summed E-state index contributed by atoms with van der Waals surface area (Å²) in [5.41, 5.74) is 5.45. The molecule has 0 saturated heterocycles. The van der Waals surface area contributed by atoms with Crippen molar-refractivity contribution in [2.24, 2.45) is 5.10 Å². The zero-order valence-corrected chi connectivity index (χ0v) is 17.5. The summed E-state index contributed by atoms with van der Waals surface area (Å²) in [6.07, 6.45) is 1.41. The van der Waals surface area contributed by atoms with Crippen LogP contribution in [0.5, 0.6) is 5.75 Å². The molecule has 1 amide bonds. The third-order valence-electron chi connectivity index (χ3n) is 3.53. The maximum absolute atomic E-state index is 11.9. The van der Waals surface area contributed by atoms with Crippen LogP contribution < -0.4 is 5.43 Å². The van der Waals surface area contributed by atoms with Gasteiger partial charge in [-0.15, -0.1) is 10.2 Å². The second kappa shape index (κ2) is 10.3. The first kappa shape index (κ1) is 20.4. The van der Waals surface area contributed by atoms with Crippen LogP contribution in [0.15, 0.2) is 62.3 Å². The molecule has 1 heterocycles. The van der Waals surface area contributed by atoms with Crippen LogP contribution in [-0.4, -0.2) is 33.2 Å². The number of carbonyl (C=O) groups excluding carboxylic acids is 1. The highest BCUT2D eigenvalue weighted by Crippen LogP contribution is 2.30. The van der Waals surface area contributed by atoms with Gasteiger partial charge in [-0.1, -0.05) is 76.8 Å². The summed E-state index contributed by atoms with van der Waals surface area (Å²) in [6.45, 7) is 2.07. The molecule has 0 unspecified atom stereocenters. The summed E-state index contributed by atoms with van der Waals surface area (Å²) in [4.78, 5) is 11.9. The Bertz CT molecular complexity index is 958. The fourth-order valence-corrected chi connectivity index (χ4v) is 4.84. The zero-order chi connectivity index (χ0) is 19.8. The molecule has 6 nitrogen and oxygen atoms in total. The maximum Gasteiger partial charge on any atom is 0.250 e. The summed E-state index contributed by atoms with van der Waals surface area (Å²) in [6, 6.07) is 15.2. The Kier molecular flexibility index (Phi) is 7.46. The Hall–Kier alpha value is -2.36. The third-order valence-corrected chi connectivity index (χ3v) is 6.79. The van der Waals surface area contributed by atoms with Crippen molar-refractivity contribution in [2.75, 3.05) is 5.75 Å². The van der Waals surface area contributed by atoms with Gasteiger partial charge in [-0.05, 0) is 24.6 Å². The van der Waals surface area contributed by atoms with Crippen LogP contribution >= 0.6 is 34.9 Å². The molecule has 0 aliphatic rings. The molecule has 0 radical (unpaired) electrons. The van der Waals surface area contributed by atoms with Gasteiger partial charge < -0.3 is 5.11 Å². The average Bonchev–Trinajstić information content (AvgIpc) is 3.15. The lowest BCUT2D eigenvalue weighted by Crippen LogP contribution is -2.19. The molecule has 0 aliphatic carbocycles. The van der Waals surface area contributed by atoms with Crippen molar-refractivity contribution in [3.8, 4) is 5.75 Å². The summed E-state index contributed by atoms with van der Waals surface area (Å²) in [7, 11) is 0. The lowest BCUT2D eigenvalue weighted by molar-refractivity contribution is -0.118. The maximum atomic E-state index is 11.9. The number of amides is 1. The number of para-hydroxylation sites is 1. The summed E-state index contributed by atoms with van der Waals surface area (Å²) in [5.74, 6) is 0.886. The number of aryl methyl sites for hydroxylation is 1. The van der Waals surface area contributed by atoms with Crippen LogP contribution in [0.25, 0.3) is 0 Å². The summed E-state index contributed by atoms with van der Waals surface area (Å²) in [5, 5.41) is 21.8. The molecule has 3 aromatic rings. The minimum Gasteiger partial charge on any atom is -0.507 e. The van der Waals surface area contributed by atoms with Crippen LogP contribution in [-0.2, 0) is 10.5 Å². The highest BCUT2D eigenvalue weighted by Gasteiger charge is 2.08. The number of rotatable bonds is 8. The zero-order valence-electron chi connectivity index (χ0n) is 15.0. The number of nitrogens with zero attached hydrogens (tertiary/aromatic N) is 3. The minimum atomic E-state index is -0.249. The fourth-order valence-electron chi connectivity index (χ4n) is 2.07. The Morgan fingerprint density at radius 3 is 2.61 bits per heavy atom. The van der Waals surface area contributed by atoms with Gasteiger partial charge in [-0.25, -0.2) is 5.43 Å². The SMILES string of the molecule is Cc1ccc(CSc2nnc(SCC(=O)N/N=C/c3ccccc3O)s2)cc1. The number of aromatic hydroxyl groups is 1. The topological polar surface area (TPSA) is 87.5 Å². The van der Waals surface area contributed by atoms with Gasteiger partial charge in [0.05, 0.1) is 12.0 Å². The number of nitrogens with one attached hydrogen (secondary N) is 1. The normalized spacial score (nSPS) is 11.0. The smallest absolute Gasteiger partial charge is 0.250 e. The van der Waals surface area contributed by atoms with Crippen LogP contribution in [0.3, 0.4) is 0 Å². The number of hydrogen-bond donors (Lipinski definition) is 2. The summed E-state index contributed by atoms with van der Waals surface area (Å²) < 4.78 is 1.62. The van der Waals surface area contributed by atoms with Gasteiger partial charge >= 0.3 is 0 Å². The third kappa shape index (κ3) is 6.36. The van der Waals surface area contributed by atoms with Crippen molar-refractivity contribution in [3.05, 3.63) is 65.2 Å². The Morgan fingerprint density at radius 2 is 1.86 bits per heavy atom. The van der Waals surface area contributed by atoms with E-state index in [1.807, 2.05) is 0 Å². The van der Waals surface area contributed by atoms with Gasteiger partial charge in [0.25, 0.3) is 5.91 Å². The van der Waals surface area contributed by atoms with Crippen LogP contribution in [0, 0.1) is 6.92 Å². The summed E-state index contributed by atoms with van der Waals surface area (Å²) >= 11 is 4.42. The number of carbonyl (C=O) groups is 1. The van der Waals surface area contributed by atoms with Crippen molar-refractivity contribution in [3.63, 3.8) is 0 Å². The van der Waals surface area contributed by atoms with E-state index >= 15 is 0 Å². The fraction of sp³-hybridized carbons (Fsp3) is 0.158. The molecule has 0 aliphatic heterocycles. The van der Waals surface area contributed by atoms with Crippen LogP contribution in [0.2, 0.25) is 0 Å². The van der Waals surface area contributed by atoms with Gasteiger partial charge in [0.2, 0.25) is 0 Å². The second-order valence-corrected chi connectivity index (χ2v) is 9.17. The van der Waals surface area contributed by atoms with E-state index in [0.717, 1.165) is 14.4 Å². The largest absolute Gasteiger partial charge is 0.507 e. The molecule has 2 aromatic carbocycles. The van der Waals surface area contributed by atoms with Gasteiger partial charge in [0.15, 0.2) is 8.68 Å². The monoisotopic (exact) mass is 430 g/mol. The molecule has 0 saturated carbocycles.